The molecule has 1 atom stereocenters. The molecule has 0 bridgehead atoms. The standard InChI is InChI=1S/C11H13BrO3/c12-7-10(8-13)15-11(14)6-9-4-2-1-3-5-9/h1-5,10,13H,6-8H2. The van der Waals surface area contributed by atoms with Crippen molar-refractivity contribution < 1.29 is 14.6 Å². The predicted octanol–water partition coefficient (Wildman–Crippen LogP) is 1.53. The molecule has 1 aromatic rings. The minimum Gasteiger partial charge on any atom is -0.459 e. The molecule has 0 saturated heterocycles. The zero-order valence-corrected chi connectivity index (χ0v) is 9.81. The topological polar surface area (TPSA) is 46.5 Å². The number of rotatable bonds is 5. The van der Waals surface area contributed by atoms with Crippen LogP contribution in [0.3, 0.4) is 0 Å². The number of aliphatic hydroxyl groups is 1. The van der Waals surface area contributed by atoms with Gasteiger partial charge in [0.2, 0.25) is 0 Å². The van der Waals surface area contributed by atoms with Gasteiger partial charge in [0.25, 0.3) is 0 Å². The van der Waals surface area contributed by atoms with Gasteiger partial charge in [-0.05, 0) is 5.56 Å². The lowest BCUT2D eigenvalue weighted by Crippen LogP contribution is -2.24. The van der Waals surface area contributed by atoms with Gasteiger partial charge in [0, 0.05) is 5.33 Å². The second kappa shape index (κ2) is 6.58. The van der Waals surface area contributed by atoms with Crippen LogP contribution >= 0.6 is 15.9 Å². The van der Waals surface area contributed by atoms with Crippen LogP contribution in [-0.4, -0.2) is 29.1 Å². The third-order valence-electron chi connectivity index (χ3n) is 1.87. The van der Waals surface area contributed by atoms with Gasteiger partial charge in [0.15, 0.2) is 0 Å². The van der Waals surface area contributed by atoms with Gasteiger partial charge < -0.3 is 9.84 Å². The molecule has 0 spiro atoms. The first-order valence-electron chi connectivity index (χ1n) is 4.66. The Bertz CT molecular complexity index is 296. The van der Waals surface area contributed by atoms with Crippen LogP contribution in [0.5, 0.6) is 0 Å². The van der Waals surface area contributed by atoms with Crippen molar-refractivity contribution in [3.05, 3.63) is 35.9 Å². The van der Waals surface area contributed by atoms with Gasteiger partial charge in [-0.3, -0.25) is 4.79 Å². The van der Waals surface area contributed by atoms with Gasteiger partial charge in [-0.2, -0.15) is 0 Å². The number of alkyl halides is 1. The lowest BCUT2D eigenvalue weighted by molar-refractivity contribution is -0.148. The van der Waals surface area contributed by atoms with E-state index in [4.69, 9.17) is 9.84 Å². The van der Waals surface area contributed by atoms with Crippen molar-refractivity contribution in [1.29, 1.82) is 0 Å². The molecule has 4 heteroatoms. The van der Waals surface area contributed by atoms with Crippen molar-refractivity contribution in [3.8, 4) is 0 Å². The van der Waals surface area contributed by atoms with Gasteiger partial charge >= 0.3 is 5.97 Å². The molecule has 0 fully saturated rings. The molecule has 0 aliphatic heterocycles. The van der Waals surface area contributed by atoms with E-state index in [1.54, 1.807) is 0 Å². The highest BCUT2D eigenvalue weighted by molar-refractivity contribution is 9.09. The van der Waals surface area contributed by atoms with Crippen LogP contribution in [0.25, 0.3) is 0 Å². The minimum atomic E-state index is -0.457. The monoisotopic (exact) mass is 272 g/mol. The smallest absolute Gasteiger partial charge is 0.310 e. The number of carbonyl (C=O) groups excluding carboxylic acids is 1. The van der Waals surface area contributed by atoms with E-state index in [-0.39, 0.29) is 19.0 Å². The van der Waals surface area contributed by atoms with Gasteiger partial charge in [-0.25, -0.2) is 0 Å². The number of esters is 1. The molecule has 82 valence electrons. The lowest BCUT2D eigenvalue weighted by Gasteiger charge is -2.12. The summed E-state index contributed by atoms with van der Waals surface area (Å²) in [6.07, 6.45) is -0.217. The van der Waals surface area contributed by atoms with Crippen molar-refractivity contribution in [2.75, 3.05) is 11.9 Å². The first-order chi connectivity index (χ1) is 7.26. The van der Waals surface area contributed by atoms with E-state index >= 15 is 0 Å². The van der Waals surface area contributed by atoms with E-state index in [1.807, 2.05) is 30.3 Å². The fraction of sp³-hybridized carbons (Fsp3) is 0.364. The van der Waals surface area contributed by atoms with Crippen LogP contribution in [0.15, 0.2) is 30.3 Å². The van der Waals surface area contributed by atoms with Crippen LogP contribution < -0.4 is 0 Å². The maximum absolute atomic E-state index is 11.4. The SMILES string of the molecule is O=C(Cc1ccccc1)OC(CO)CBr. The quantitative estimate of drug-likeness (QED) is 0.653. The third kappa shape index (κ3) is 4.44. The van der Waals surface area contributed by atoms with Crippen LogP contribution in [0.1, 0.15) is 5.56 Å². The summed E-state index contributed by atoms with van der Waals surface area (Å²) in [5.74, 6) is -0.320. The van der Waals surface area contributed by atoms with Crippen LogP contribution in [0.2, 0.25) is 0 Å². The van der Waals surface area contributed by atoms with Crippen molar-refractivity contribution in [2.45, 2.75) is 12.5 Å². The summed E-state index contributed by atoms with van der Waals surface area (Å²) in [7, 11) is 0. The molecule has 1 unspecified atom stereocenters. The van der Waals surface area contributed by atoms with Gasteiger partial charge in [0.1, 0.15) is 6.10 Å². The van der Waals surface area contributed by atoms with Gasteiger partial charge in [-0.1, -0.05) is 46.3 Å². The van der Waals surface area contributed by atoms with Crippen molar-refractivity contribution in [3.63, 3.8) is 0 Å². The van der Waals surface area contributed by atoms with Crippen molar-refractivity contribution in [1.82, 2.24) is 0 Å². The largest absolute Gasteiger partial charge is 0.459 e. The minimum absolute atomic E-state index is 0.161. The Morgan fingerprint density at radius 2 is 2.07 bits per heavy atom. The molecule has 0 aliphatic carbocycles. The Labute approximate surface area is 97.2 Å². The van der Waals surface area contributed by atoms with Crippen LogP contribution in [-0.2, 0) is 16.0 Å². The molecular formula is C11H13BrO3. The molecule has 15 heavy (non-hydrogen) atoms. The highest BCUT2D eigenvalue weighted by Crippen LogP contribution is 2.03. The number of ether oxygens (including phenoxy) is 1. The zero-order chi connectivity index (χ0) is 11.1. The normalized spacial score (nSPS) is 12.1. The molecule has 0 aromatic heterocycles. The molecular weight excluding hydrogens is 260 g/mol. The Balaban J connectivity index is 2.43. The van der Waals surface area contributed by atoms with E-state index in [0.29, 0.717) is 5.33 Å². The molecule has 1 N–H and O–H groups in total. The summed E-state index contributed by atoms with van der Waals surface area (Å²) in [6, 6.07) is 9.36. The highest BCUT2D eigenvalue weighted by Gasteiger charge is 2.12. The molecule has 0 aliphatic rings. The van der Waals surface area contributed by atoms with Crippen molar-refractivity contribution >= 4 is 21.9 Å². The molecule has 1 rings (SSSR count). The zero-order valence-electron chi connectivity index (χ0n) is 8.23. The molecule has 0 radical (unpaired) electrons. The molecule has 0 saturated carbocycles. The Morgan fingerprint density at radius 1 is 1.40 bits per heavy atom. The Kier molecular flexibility index (Phi) is 5.36. The van der Waals surface area contributed by atoms with Gasteiger partial charge in [0.05, 0.1) is 13.0 Å². The highest BCUT2D eigenvalue weighted by atomic mass is 79.9. The first kappa shape index (κ1) is 12.2. The van der Waals surface area contributed by atoms with Crippen LogP contribution in [0.4, 0.5) is 0 Å². The summed E-state index contributed by atoms with van der Waals surface area (Å²) in [5.41, 5.74) is 0.911. The fourth-order valence-electron chi connectivity index (χ4n) is 1.11. The molecule has 1 aromatic carbocycles. The van der Waals surface area contributed by atoms with E-state index < -0.39 is 6.10 Å². The number of hydrogen-bond donors (Lipinski definition) is 1. The molecule has 0 amide bonds. The first-order valence-corrected chi connectivity index (χ1v) is 5.78. The van der Waals surface area contributed by atoms with Crippen molar-refractivity contribution in [2.24, 2.45) is 0 Å². The number of aliphatic hydroxyl groups excluding tert-OH is 1. The lowest BCUT2D eigenvalue weighted by atomic mass is 10.2. The Hall–Kier alpha value is -0.870. The maximum atomic E-state index is 11.4. The summed E-state index contributed by atoms with van der Waals surface area (Å²) in [4.78, 5) is 11.4. The second-order valence-corrected chi connectivity index (χ2v) is 3.76. The number of halogens is 1. The van der Waals surface area contributed by atoms with Gasteiger partial charge in [-0.15, -0.1) is 0 Å². The number of carbonyl (C=O) groups is 1. The average Bonchev–Trinajstić information content (AvgIpc) is 2.27. The van der Waals surface area contributed by atoms with E-state index in [1.165, 1.54) is 0 Å². The number of hydrogen-bond acceptors (Lipinski definition) is 3. The summed E-state index contributed by atoms with van der Waals surface area (Å²) >= 11 is 3.15. The molecule has 0 heterocycles. The fourth-order valence-corrected chi connectivity index (χ4v) is 1.44. The van der Waals surface area contributed by atoms with Crippen LogP contribution in [0, 0.1) is 0 Å². The second-order valence-electron chi connectivity index (χ2n) is 3.11. The summed E-state index contributed by atoms with van der Waals surface area (Å²) in [6.45, 7) is -0.161. The molecule has 3 nitrogen and oxygen atoms in total. The Morgan fingerprint density at radius 3 is 2.60 bits per heavy atom. The summed E-state index contributed by atoms with van der Waals surface area (Å²) in [5, 5.41) is 9.28. The summed E-state index contributed by atoms with van der Waals surface area (Å²) < 4.78 is 5.02. The average molecular weight is 273 g/mol. The third-order valence-corrected chi connectivity index (χ3v) is 2.59. The maximum Gasteiger partial charge on any atom is 0.310 e. The number of benzene rings is 1. The van der Waals surface area contributed by atoms with E-state index in [0.717, 1.165) is 5.56 Å². The van der Waals surface area contributed by atoms with E-state index in [9.17, 15) is 4.79 Å². The van der Waals surface area contributed by atoms with E-state index in [2.05, 4.69) is 15.9 Å². The predicted molar refractivity (Wildman–Crippen MR) is 60.9 cm³/mol.